The average molecular weight is 215 g/mol. The number of ether oxygens (including phenoxy) is 1. The molecule has 1 aromatic rings. The molecule has 0 saturated carbocycles. The highest BCUT2D eigenvalue weighted by Crippen LogP contribution is 2.23. The molecule has 0 aromatic heterocycles. The molecule has 0 radical (unpaired) electrons. The Morgan fingerprint density at radius 2 is 2.29 bits per heavy atom. The molecule has 0 aliphatic carbocycles. The predicted molar refractivity (Wildman–Crippen MR) is 52.1 cm³/mol. The fourth-order valence-electron chi connectivity index (χ4n) is 1.08. The van der Waals surface area contributed by atoms with E-state index >= 15 is 0 Å². The van der Waals surface area contributed by atoms with Gasteiger partial charge >= 0.3 is 0 Å². The van der Waals surface area contributed by atoms with Crippen LogP contribution in [0.1, 0.15) is 5.56 Å². The number of phenols is 1. The molecular formula is C9H11O4S-. The molecule has 0 fully saturated rings. The fraction of sp³-hybridized carbons (Fsp3) is 0.333. The highest BCUT2D eigenvalue weighted by Gasteiger charge is 2.02. The molecule has 1 unspecified atom stereocenters. The normalized spacial score (nSPS) is 12.4. The molecule has 0 saturated heterocycles. The zero-order valence-corrected chi connectivity index (χ0v) is 8.54. The lowest BCUT2D eigenvalue weighted by Crippen LogP contribution is -1.99. The molecule has 5 heteroatoms. The largest absolute Gasteiger partial charge is 0.772 e. The Hall–Kier alpha value is -1.07. The molecule has 0 aliphatic rings. The van der Waals surface area contributed by atoms with Crippen LogP contribution in [0.5, 0.6) is 11.5 Å². The lowest BCUT2D eigenvalue weighted by Gasteiger charge is -2.08. The van der Waals surface area contributed by atoms with Crippen molar-refractivity contribution in [2.45, 2.75) is 6.42 Å². The van der Waals surface area contributed by atoms with Gasteiger partial charge in [0.25, 0.3) is 0 Å². The minimum atomic E-state index is -2.07. The van der Waals surface area contributed by atoms with E-state index in [4.69, 9.17) is 4.74 Å². The Kier molecular flexibility index (Phi) is 3.91. The van der Waals surface area contributed by atoms with Gasteiger partial charge in [0.15, 0.2) is 0 Å². The van der Waals surface area contributed by atoms with E-state index in [1.807, 2.05) is 0 Å². The third kappa shape index (κ3) is 3.01. The standard InChI is InChI=1S/C9H12O4S/c1-13-8-3-2-7(9(10)6-8)4-5-14(11)12/h2-3,6,10H,4-5H2,1H3,(H,11,12)/p-1. The molecular weight excluding hydrogens is 204 g/mol. The number of hydrogen-bond donors (Lipinski definition) is 1. The molecule has 1 N–H and O–H groups in total. The monoisotopic (exact) mass is 215 g/mol. The second kappa shape index (κ2) is 4.97. The highest BCUT2D eigenvalue weighted by atomic mass is 32.2. The second-order valence-corrected chi connectivity index (χ2v) is 3.77. The van der Waals surface area contributed by atoms with Gasteiger partial charge in [-0.1, -0.05) is 17.1 Å². The summed E-state index contributed by atoms with van der Waals surface area (Å²) in [5, 5.41) is 9.45. The summed E-state index contributed by atoms with van der Waals surface area (Å²) >= 11 is -2.07. The van der Waals surface area contributed by atoms with Gasteiger partial charge in [-0.25, -0.2) is 0 Å². The van der Waals surface area contributed by atoms with E-state index in [-0.39, 0.29) is 11.5 Å². The Labute approximate surface area is 84.8 Å². The van der Waals surface area contributed by atoms with E-state index in [1.54, 1.807) is 12.1 Å². The second-order valence-electron chi connectivity index (χ2n) is 2.75. The number of aromatic hydroxyl groups is 1. The van der Waals surface area contributed by atoms with Gasteiger partial charge in [0.05, 0.1) is 7.11 Å². The Balaban J connectivity index is 2.73. The molecule has 0 aliphatic heterocycles. The molecule has 0 amide bonds. The molecule has 1 aromatic carbocycles. The smallest absolute Gasteiger partial charge is 0.122 e. The van der Waals surface area contributed by atoms with E-state index < -0.39 is 11.1 Å². The minimum absolute atomic E-state index is 0.0138. The number of phenolic OH excluding ortho intramolecular Hbond substituents is 1. The van der Waals surface area contributed by atoms with Crippen LogP contribution < -0.4 is 4.74 Å². The quantitative estimate of drug-likeness (QED) is 0.755. The van der Waals surface area contributed by atoms with E-state index in [1.165, 1.54) is 13.2 Å². The summed E-state index contributed by atoms with van der Waals surface area (Å²) in [7, 11) is 1.50. The van der Waals surface area contributed by atoms with Crippen molar-refractivity contribution in [2.24, 2.45) is 0 Å². The first kappa shape index (κ1) is 11.0. The van der Waals surface area contributed by atoms with Crippen LogP contribution in [0.25, 0.3) is 0 Å². The van der Waals surface area contributed by atoms with Crippen LogP contribution in [0.3, 0.4) is 0 Å². The van der Waals surface area contributed by atoms with E-state index in [0.29, 0.717) is 17.7 Å². The molecule has 1 rings (SSSR count). The van der Waals surface area contributed by atoms with Crippen LogP contribution in [-0.2, 0) is 17.5 Å². The zero-order chi connectivity index (χ0) is 10.6. The maximum atomic E-state index is 10.3. The summed E-state index contributed by atoms with van der Waals surface area (Å²) < 4.78 is 25.5. The number of hydrogen-bond acceptors (Lipinski definition) is 4. The van der Waals surface area contributed by atoms with Crippen LogP contribution in [0.4, 0.5) is 0 Å². The van der Waals surface area contributed by atoms with E-state index in [2.05, 4.69) is 0 Å². The first-order valence-corrected chi connectivity index (χ1v) is 5.29. The molecule has 78 valence electrons. The van der Waals surface area contributed by atoms with Crippen LogP contribution in [0.2, 0.25) is 0 Å². The number of aryl methyl sites for hydroxylation is 1. The van der Waals surface area contributed by atoms with Crippen molar-refractivity contribution in [1.29, 1.82) is 0 Å². The van der Waals surface area contributed by atoms with Crippen molar-refractivity contribution >= 4 is 11.1 Å². The highest BCUT2D eigenvalue weighted by molar-refractivity contribution is 7.79. The summed E-state index contributed by atoms with van der Waals surface area (Å²) in [6.07, 6.45) is 0.311. The summed E-state index contributed by atoms with van der Waals surface area (Å²) in [4.78, 5) is 0. The van der Waals surface area contributed by atoms with Gasteiger partial charge in [-0.2, -0.15) is 0 Å². The Morgan fingerprint density at radius 3 is 2.79 bits per heavy atom. The third-order valence-electron chi connectivity index (χ3n) is 1.83. The number of benzene rings is 1. The average Bonchev–Trinajstić information content (AvgIpc) is 2.15. The van der Waals surface area contributed by atoms with Gasteiger partial charge in [0.1, 0.15) is 11.5 Å². The van der Waals surface area contributed by atoms with Crippen LogP contribution in [0.15, 0.2) is 18.2 Å². The molecule has 14 heavy (non-hydrogen) atoms. The van der Waals surface area contributed by atoms with Crippen molar-refractivity contribution in [3.63, 3.8) is 0 Å². The van der Waals surface area contributed by atoms with E-state index in [9.17, 15) is 13.9 Å². The fourth-order valence-corrected chi connectivity index (χ4v) is 1.46. The first-order chi connectivity index (χ1) is 6.63. The Morgan fingerprint density at radius 1 is 1.57 bits per heavy atom. The number of rotatable bonds is 4. The Bertz CT molecular complexity index is 338. The topological polar surface area (TPSA) is 69.6 Å². The summed E-state index contributed by atoms with van der Waals surface area (Å²) in [6.45, 7) is 0. The first-order valence-electron chi connectivity index (χ1n) is 4.05. The summed E-state index contributed by atoms with van der Waals surface area (Å²) in [5.74, 6) is 0.629. The lowest BCUT2D eigenvalue weighted by molar-refractivity contribution is 0.406. The molecule has 0 spiro atoms. The van der Waals surface area contributed by atoms with Crippen molar-refractivity contribution in [3.05, 3.63) is 23.8 Å². The lowest BCUT2D eigenvalue weighted by atomic mass is 10.1. The number of methoxy groups -OCH3 is 1. The van der Waals surface area contributed by atoms with Crippen molar-refractivity contribution in [3.8, 4) is 11.5 Å². The maximum absolute atomic E-state index is 10.3. The van der Waals surface area contributed by atoms with E-state index in [0.717, 1.165) is 0 Å². The molecule has 4 nitrogen and oxygen atoms in total. The maximum Gasteiger partial charge on any atom is 0.122 e. The van der Waals surface area contributed by atoms with Gasteiger partial charge in [0, 0.05) is 11.8 Å². The molecule has 1 atom stereocenters. The van der Waals surface area contributed by atoms with Gasteiger partial charge in [-0.3, -0.25) is 4.21 Å². The van der Waals surface area contributed by atoms with Gasteiger partial charge < -0.3 is 14.4 Å². The van der Waals surface area contributed by atoms with Crippen molar-refractivity contribution in [2.75, 3.05) is 12.9 Å². The van der Waals surface area contributed by atoms with Crippen LogP contribution >= 0.6 is 0 Å². The molecule has 0 heterocycles. The summed E-state index contributed by atoms with van der Waals surface area (Å²) in [5.41, 5.74) is 0.606. The third-order valence-corrected chi connectivity index (χ3v) is 2.37. The van der Waals surface area contributed by atoms with Gasteiger partial charge in [-0.15, -0.1) is 0 Å². The van der Waals surface area contributed by atoms with Crippen molar-refractivity contribution < 1.29 is 18.6 Å². The SMILES string of the molecule is COc1ccc(CCS(=O)[O-])c(O)c1. The van der Waals surface area contributed by atoms with Crippen LogP contribution in [-0.4, -0.2) is 26.7 Å². The zero-order valence-electron chi connectivity index (χ0n) is 7.73. The van der Waals surface area contributed by atoms with Crippen LogP contribution in [0, 0.1) is 0 Å². The molecule has 0 bridgehead atoms. The minimum Gasteiger partial charge on any atom is -0.772 e. The van der Waals surface area contributed by atoms with Gasteiger partial charge in [-0.05, 0) is 18.1 Å². The van der Waals surface area contributed by atoms with Gasteiger partial charge in [0.2, 0.25) is 0 Å². The predicted octanol–water partition coefficient (Wildman–Crippen LogP) is 0.822. The summed E-state index contributed by atoms with van der Waals surface area (Å²) in [6, 6.07) is 4.80. The van der Waals surface area contributed by atoms with Crippen molar-refractivity contribution in [1.82, 2.24) is 0 Å².